The fourth-order valence-corrected chi connectivity index (χ4v) is 4.16. The van der Waals surface area contributed by atoms with Crippen LogP contribution in [0, 0.1) is 0 Å². The van der Waals surface area contributed by atoms with E-state index in [2.05, 4.69) is 10.3 Å². The summed E-state index contributed by atoms with van der Waals surface area (Å²) in [4.78, 5) is 19.0. The van der Waals surface area contributed by atoms with Crippen LogP contribution in [0.3, 0.4) is 0 Å². The molecule has 1 aliphatic heterocycles. The second-order valence-corrected chi connectivity index (χ2v) is 8.20. The number of nitrogens with one attached hydrogen (secondary N) is 1. The molecule has 1 atom stereocenters. The molecule has 0 fully saturated rings. The van der Waals surface area contributed by atoms with Crippen molar-refractivity contribution < 1.29 is 23.7 Å². The molecule has 0 spiro atoms. The molecule has 4 rings (SSSR count). The molecule has 0 radical (unpaired) electrons. The number of hydrogen-bond acceptors (Lipinski definition) is 8. The maximum Gasteiger partial charge on any atom is 0.240 e. The second-order valence-electron chi connectivity index (χ2n) is 7.35. The van der Waals surface area contributed by atoms with Crippen LogP contribution >= 0.6 is 11.3 Å². The van der Waals surface area contributed by atoms with Crippen LogP contribution in [0.1, 0.15) is 0 Å². The van der Waals surface area contributed by atoms with Gasteiger partial charge in [0.25, 0.3) is 0 Å². The van der Waals surface area contributed by atoms with E-state index in [9.17, 15) is 4.79 Å². The number of amides is 1. The maximum absolute atomic E-state index is 12.5. The van der Waals surface area contributed by atoms with Crippen LogP contribution in [0.2, 0.25) is 0 Å². The number of nitrogens with zero attached hydrogens (tertiary/aromatic N) is 2. The molecular weight excluding hydrogens is 430 g/mol. The smallest absolute Gasteiger partial charge is 0.240 e. The van der Waals surface area contributed by atoms with Gasteiger partial charge in [-0.3, -0.25) is 9.69 Å². The summed E-state index contributed by atoms with van der Waals surface area (Å²) < 4.78 is 22.4. The van der Waals surface area contributed by atoms with Gasteiger partial charge in [-0.15, -0.1) is 11.3 Å². The van der Waals surface area contributed by atoms with Crippen LogP contribution in [0.15, 0.2) is 47.8 Å². The Labute approximate surface area is 190 Å². The summed E-state index contributed by atoms with van der Waals surface area (Å²) in [5.74, 6) is 2.69. The van der Waals surface area contributed by atoms with E-state index in [-0.39, 0.29) is 18.6 Å². The lowest BCUT2D eigenvalue weighted by Gasteiger charge is -2.29. The first-order chi connectivity index (χ1) is 15.6. The van der Waals surface area contributed by atoms with Crippen molar-refractivity contribution in [2.75, 3.05) is 46.3 Å². The van der Waals surface area contributed by atoms with Crippen LogP contribution in [-0.2, 0) is 4.79 Å². The standard InChI is InChI=1S/C23H25N3O5S/c1-26(11-16-13-30-19-6-4-5-7-20(19)31-16)12-22(27)25-23-24-18(14-32-23)17-9-8-15(28-2)10-21(17)29-3/h4-10,14,16H,11-13H2,1-3H3,(H,24,25,27). The van der Waals surface area contributed by atoms with Crippen molar-refractivity contribution in [1.29, 1.82) is 0 Å². The van der Waals surface area contributed by atoms with Gasteiger partial charge >= 0.3 is 0 Å². The van der Waals surface area contributed by atoms with E-state index in [4.69, 9.17) is 18.9 Å². The highest BCUT2D eigenvalue weighted by Gasteiger charge is 2.23. The maximum atomic E-state index is 12.5. The number of methoxy groups -OCH3 is 2. The Balaban J connectivity index is 1.32. The lowest BCUT2D eigenvalue weighted by molar-refractivity contribution is -0.117. The molecule has 2 aromatic carbocycles. The highest BCUT2D eigenvalue weighted by Crippen LogP contribution is 2.35. The normalized spacial score (nSPS) is 14.8. The van der Waals surface area contributed by atoms with Crippen LogP contribution in [0.4, 0.5) is 5.13 Å². The highest BCUT2D eigenvalue weighted by atomic mass is 32.1. The number of anilines is 1. The summed E-state index contributed by atoms with van der Waals surface area (Å²) in [5.41, 5.74) is 1.56. The average Bonchev–Trinajstić information content (AvgIpc) is 3.26. The van der Waals surface area contributed by atoms with Gasteiger partial charge < -0.3 is 24.3 Å². The number of likely N-dealkylation sites (N-methyl/N-ethyl adjacent to an activating group) is 1. The van der Waals surface area contributed by atoms with Crippen molar-refractivity contribution in [3.05, 3.63) is 47.8 Å². The lowest BCUT2D eigenvalue weighted by atomic mass is 10.1. The van der Waals surface area contributed by atoms with Crippen LogP contribution in [0.25, 0.3) is 11.3 Å². The van der Waals surface area contributed by atoms with E-state index in [1.807, 2.05) is 53.7 Å². The number of carbonyl (C=O) groups excluding carboxylic acids is 1. The van der Waals surface area contributed by atoms with Gasteiger partial charge in [0.15, 0.2) is 16.6 Å². The number of fused-ring (bicyclic) bond motifs is 1. The van der Waals surface area contributed by atoms with Crippen molar-refractivity contribution in [3.8, 4) is 34.3 Å². The Bertz CT molecular complexity index is 1090. The van der Waals surface area contributed by atoms with Crippen LogP contribution in [0.5, 0.6) is 23.0 Å². The molecule has 0 bridgehead atoms. The fraction of sp³-hybridized carbons (Fsp3) is 0.304. The Morgan fingerprint density at radius 1 is 1.22 bits per heavy atom. The van der Waals surface area contributed by atoms with E-state index in [1.54, 1.807) is 20.3 Å². The first kappa shape index (κ1) is 21.9. The zero-order valence-corrected chi connectivity index (χ0v) is 19.0. The number of ether oxygens (including phenoxy) is 4. The summed E-state index contributed by atoms with van der Waals surface area (Å²) in [5, 5.41) is 5.28. The lowest BCUT2D eigenvalue weighted by Crippen LogP contribution is -2.42. The monoisotopic (exact) mass is 455 g/mol. The molecule has 3 aromatic rings. The Kier molecular flexibility index (Phi) is 6.77. The number of carbonyl (C=O) groups is 1. The molecule has 8 nitrogen and oxygen atoms in total. The Hall–Kier alpha value is -3.30. The molecule has 32 heavy (non-hydrogen) atoms. The third kappa shape index (κ3) is 5.12. The Morgan fingerprint density at radius 3 is 2.81 bits per heavy atom. The summed E-state index contributed by atoms with van der Waals surface area (Å²) in [6.45, 7) is 1.22. The first-order valence-electron chi connectivity index (χ1n) is 10.1. The van der Waals surface area contributed by atoms with Gasteiger partial charge in [-0.05, 0) is 31.3 Å². The average molecular weight is 456 g/mol. The molecular formula is C23H25N3O5S. The number of thiazole rings is 1. The summed E-state index contributed by atoms with van der Waals surface area (Å²) >= 11 is 1.36. The summed E-state index contributed by atoms with van der Waals surface area (Å²) in [7, 11) is 5.08. The van der Waals surface area contributed by atoms with Crippen LogP contribution in [-0.4, -0.2) is 62.9 Å². The summed E-state index contributed by atoms with van der Waals surface area (Å²) in [6.07, 6.45) is -0.142. The molecule has 1 unspecified atom stereocenters. The van der Waals surface area contributed by atoms with Gasteiger partial charge in [0.1, 0.15) is 24.2 Å². The molecule has 0 saturated heterocycles. The van der Waals surface area contributed by atoms with Gasteiger partial charge in [0.2, 0.25) is 5.91 Å². The number of hydrogen-bond donors (Lipinski definition) is 1. The third-order valence-electron chi connectivity index (χ3n) is 4.93. The minimum Gasteiger partial charge on any atom is -0.497 e. The topological polar surface area (TPSA) is 82.2 Å². The predicted octanol–water partition coefficient (Wildman–Crippen LogP) is 3.54. The van der Waals surface area contributed by atoms with Crippen molar-refractivity contribution in [3.63, 3.8) is 0 Å². The largest absolute Gasteiger partial charge is 0.497 e. The molecule has 168 valence electrons. The molecule has 1 aromatic heterocycles. The van der Waals surface area contributed by atoms with Crippen molar-refractivity contribution in [2.24, 2.45) is 0 Å². The molecule has 1 N–H and O–H groups in total. The molecule has 2 heterocycles. The highest BCUT2D eigenvalue weighted by molar-refractivity contribution is 7.14. The van der Waals surface area contributed by atoms with E-state index < -0.39 is 0 Å². The first-order valence-corrected chi connectivity index (χ1v) is 11.0. The minimum absolute atomic E-state index is 0.142. The molecule has 9 heteroatoms. The summed E-state index contributed by atoms with van der Waals surface area (Å²) in [6, 6.07) is 13.1. The minimum atomic E-state index is -0.146. The second kappa shape index (κ2) is 9.88. The zero-order valence-electron chi connectivity index (χ0n) is 18.2. The molecule has 1 amide bonds. The van der Waals surface area contributed by atoms with Gasteiger partial charge in [-0.2, -0.15) is 0 Å². The molecule has 1 aliphatic rings. The van der Waals surface area contributed by atoms with Gasteiger partial charge in [-0.1, -0.05) is 12.1 Å². The van der Waals surface area contributed by atoms with Crippen LogP contribution < -0.4 is 24.3 Å². The van der Waals surface area contributed by atoms with Gasteiger partial charge in [-0.25, -0.2) is 4.98 Å². The van der Waals surface area contributed by atoms with Crippen molar-refractivity contribution in [1.82, 2.24) is 9.88 Å². The van der Waals surface area contributed by atoms with Gasteiger partial charge in [0.05, 0.1) is 26.5 Å². The van der Waals surface area contributed by atoms with Crippen molar-refractivity contribution in [2.45, 2.75) is 6.10 Å². The molecule has 0 saturated carbocycles. The quantitative estimate of drug-likeness (QED) is 0.556. The van der Waals surface area contributed by atoms with E-state index in [1.165, 1.54) is 11.3 Å². The number of rotatable bonds is 8. The number of aromatic nitrogens is 1. The number of para-hydroxylation sites is 2. The fourth-order valence-electron chi connectivity index (χ4n) is 3.43. The zero-order chi connectivity index (χ0) is 22.5. The van der Waals surface area contributed by atoms with E-state index >= 15 is 0 Å². The third-order valence-corrected chi connectivity index (χ3v) is 5.69. The Morgan fingerprint density at radius 2 is 2.03 bits per heavy atom. The van der Waals surface area contributed by atoms with Crippen molar-refractivity contribution >= 4 is 22.4 Å². The van der Waals surface area contributed by atoms with E-state index in [0.717, 1.165) is 22.8 Å². The molecule has 0 aliphatic carbocycles. The van der Waals surface area contributed by atoms with E-state index in [0.29, 0.717) is 29.8 Å². The SMILES string of the molecule is COc1ccc(-c2csc(NC(=O)CN(C)CC3COc4ccccc4O3)n2)c(OC)c1. The van der Waals surface area contributed by atoms with Gasteiger partial charge in [0, 0.05) is 23.6 Å². The predicted molar refractivity (Wildman–Crippen MR) is 123 cm³/mol. The number of benzene rings is 2.